The number of aromatic nitrogens is 1. The Morgan fingerprint density at radius 3 is 2.45 bits per heavy atom. The lowest BCUT2D eigenvalue weighted by Gasteiger charge is -2.12. The summed E-state index contributed by atoms with van der Waals surface area (Å²) in [6.07, 6.45) is 9.34. The van der Waals surface area contributed by atoms with E-state index in [0.717, 1.165) is 49.2 Å². The Kier molecular flexibility index (Phi) is 8.92. The van der Waals surface area contributed by atoms with Gasteiger partial charge < -0.3 is 15.4 Å². The standard InChI is InChI=1S/C25H27N5O/c26-20-29-25(30-22-14-17-27-18-15-22)28-16-8-1-2-9-19-31-24-13-7-6-12-23(24)21-10-4-3-5-11-21/h3-7,10-15,17-18H,1-2,8-9,16,19H2,(H2,27,28,29,30). The molecule has 0 aliphatic carbocycles. The summed E-state index contributed by atoms with van der Waals surface area (Å²) >= 11 is 0. The van der Waals surface area contributed by atoms with E-state index in [0.29, 0.717) is 12.6 Å². The third-order valence-electron chi connectivity index (χ3n) is 4.70. The Morgan fingerprint density at radius 1 is 0.903 bits per heavy atom. The molecule has 0 bridgehead atoms. The first-order valence-electron chi connectivity index (χ1n) is 10.5. The molecule has 2 N–H and O–H groups in total. The largest absolute Gasteiger partial charge is 0.493 e. The molecule has 0 unspecified atom stereocenters. The van der Waals surface area contributed by atoms with Gasteiger partial charge in [0, 0.05) is 30.2 Å². The van der Waals surface area contributed by atoms with E-state index < -0.39 is 0 Å². The van der Waals surface area contributed by atoms with Crippen molar-refractivity contribution < 1.29 is 4.74 Å². The molecule has 1 aromatic heterocycles. The smallest absolute Gasteiger partial charge is 0.211 e. The average molecular weight is 414 g/mol. The van der Waals surface area contributed by atoms with Crippen molar-refractivity contribution in [3.63, 3.8) is 0 Å². The van der Waals surface area contributed by atoms with Crippen molar-refractivity contribution in [3.8, 4) is 23.1 Å². The first-order chi connectivity index (χ1) is 15.4. The highest BCUT2D eigenvalue weighted by Gasteiger charge is 2.05. The lowest BCUT2D eigenvalue weighted by Crippen LogP contribution is -2.31. The zero-order valence-corrected chi connectivity index (χ0v) is 17.5. The monoisotopic (exact) mass is 413 g/mol. The molecule has 2 aromatic carbocycles. The van der Waals surface area contributed by atoms with Crippen molar-refractivity contribution in [2.45, 2.75) is 25.7 Å². The quantitative estimate of drug-likeness (QED) is 0.206. The van der Waals surface area contributed by atoms with Crippen LogP contribution in [0.25, 0.3) is 11.1 Å². The fraction of sp³-hybridized carbons (Fsp3) is 0.240. The number of nitrogens with one attached hydrogen (secondary N) is 2. The van der Waals surface area contributed by atoms with E-state index in [4.69, 9.17) is 10.00 Å². The summed E-state index contributed by atoms with van der Waals surface area (Å²) in [5, 5.41) is 15.1. The van der Waals surface area contributed by atoms with Crippen LogP contribution in [0.15, 0.2) is 84.1 Å². The van der Waals surface area contributed by atoms with Gasteiger partial charge in [0.1, 0.15) is 5.75 Å². The molecule has 0 saturated carbocycles. The highest BCUT2D eigenvalue weighted by Crippen LogP contribution is 2.29. The van der Waals surface area contributed by atoms with Crippen LogP contribution in [0.3, 0.4) is 0 Å². The molecule has 0 aliphatic heterocycles. The SMILES string of the molecule is N#C/N=C(\NCCCCCCOc1ccccc1-c1ccccc1)Nc1ccncc1. The molecule has 6 nitrogen and oxygen atoms in total. The molecule has 0 saturated heterocycles. The number of nitriles is 1. The van der Waals surface area contributed by atoms with E-state index in [2.05, 4.69) is 38.8 Å². The molecule has 0 fully saturated rings. The predicted octanol–water partition coefficient (Wildman–Crippen LogP) is 5.23. The Bertz CT molecular complexity index is 984. The second-order valence-corrected chi connectivity index (χ2v) is 6.97. The molecule has 1 heterocycles. The number of nitrogens with zero attached hydrogens (tertiary/aromatic N) is 3. The molecule has 3 rings (SSSR count). The first-order valence-corrected chi connectivity index (χ1v) is 10.5. The van der Waals surface area contributed by atoms with Crippen LogP contribution in [0.5, 0.6) is 5.75 Å². The van der Waals surface area contributed by atoms with Crippen molar-refractivity contribution in [2.75, 3.05) is 18.5 Å². The molecule has 0 atom stereocenters. The van der Waals surface area contributed by atoms with Crippen LogP contribution >= 0.6 is 0 Å². The minimum absolute atomic E-state index is 0.453. The second-order valence-electron chi connectivity index (χ2n) is 6.97. The van der Waals surface area contributed by atoms with Crippen LogP contribution < -0.4 is 15.4 Å². The number of ether oxygens (including phenoxy) is 1. The van der Waals surface area contributed by atoms with Crippen LogP contribution in [0.1, 0.15) is 25.7 Å². The highest BCUT2D eigenvalue weighted by molar-refractivity contribution is 5.94. The van der Waals surface area contributed by atoms with E-state index in [9.17, 15) is 0 Å². The van der Waals surface area contributed by atoms with Gasteiger partial charge in [-0.15, -0.1) is 4.99 Å². The number of hydrogen-bond donors (Lipinski definition) is 2. The maximum absolute atomic E-state index is 8.86. The van der Waals surface area contributed by atoms with E-state index in [1.54, 1.807) is 12.4 Å². The van der Waals surface area contributed by atoms with Crippen LogP contribution in [0.2, 0.25) is 0 Å². The fourth-order valence-corrected chi connectivity index (χ4v) is 3.15. The van der Waals surface area contributed by atoms with E-state index in [1.165, 1.54) is 5.56 Å². The fourth-order valence-electron chi connectivity index (χ4n) is 3.15. The minimum Gasteiger partial charge on any atom is -0.493 e. The van der Waals surface area contributed by atoms with Gasteiger partial charge in [-0.1, -0.05) is 61.4 Å². The number of rotatable bonds is 10. The van der Waals surface area contributed by atoms with Gasteiger partial charge in [-0.3, -0.25) is 4.98 Å². The average Bonchev–Trinajstić information content (AvgIpc) is 2.82. The first kappa shape index (κ1) is 21.8. The van der Waals surface area contributed by atoms with Crippen LogP contribution in [0.4, 0.5) is 5.69 Å². The maximum atomic E-state index is 8.86. The number of pyridine rings is 1. The Labute approximate surface area is 183 Å². The number of anilines is 1. The zero-order chi connectivity index (χ0) is 21.6. The van der Waals surface area contributed by atoms with Gasteiger partial charge in [0.25, 0.3) is 0 Å². The van der Waals surface area contributed by atoms with Crippen molar-refractivity contribution >= 4 is 11.6 Å². The van der Waals surface area contributed by atoms with Crippen molar-refractivity contribution in [3.05, 3.63) is 79.1 Å². The van der Waals surface area contributed by atoms with Crippen LogP contribution in [0, 0.1) is 11.5 Å². The second kappa shape index (κ2) is 12.7. The van der Waals surface area contributed by atoms with Crippen molar-refractivity contribution in [1.29, 1.82) is 5.26 Å². The number of unbranched alkanes of at least 4 members (excludes halogenated alkanes) is 3. The zero-order valence-electron chi connectivity index (χ0n) is 17.5. The van der Waals surface area contributed by atoms with E-state index in [-0.39, 0.29) is 0 Å². The third-order valence-corrected chi connectivity index (χ3v) is 4.70. The number of para-hydroxylation sites is 1. The number of hydrogen-bond acceptors (Lipinski definition) is 4. The maximum Gasteiger partial charge on any atom is 0.211 e. The summed E-state index contributed by atoms with van der Waals surface area (Å²) in [5.74, 6) is 1.38. The minimum atomic E-state index is 0.453. The van der Waals surface area contributed by atoms with Gasteiger partial charge in [-0.25, -0.2) is 0 Å². The lowest BCUT2D eigenvalue weighted by molar-refractivity contribution is 0.306. The summed E-state index contributed by atoms with van der Waals surface area (Å²) < 4.78 is 6.05. The summed E-state index contributed by atoms with van der Waals surface area (Å²) in [6, 6.07) is 22.1. The van der Waals surface area contributed by atoms with Gasteiger partial charge >= 0.3 is 0 Å². The molecule has 0 radical (unpaired) electrons. The van der Waals surface area contributed by atoms with Gasteiger partial charge in [-0.05, 0) is 36.6 Å². The van der Waals surface area contributed by atoms with E-state index >= 15 is 0 Å². The summed E-state index contributed by atoms with van der Waals surface area (Å²) in [7, 11) is 0. The third kappa shape index (κ3) is 7.48. The molecule has 158 valence electrons. The summed E-state index contributed by atoms with van der Waals surface area (Å²) in [6.45, 7) is 1.44. The Hall–Kier alpha value is -3.85. The van der Waals surface area contributed by atoms with Crippen LogP contribution in [-0.4, -0.2) is 24.1 Å². The van der Waals surface area contributed by atoms with Gasteiger partial charge in [0.15, 0.2) is 0 Å². The summed E-state index contributed by atoms with van der Waals surface area (Å²) in [5.41, 5.74) is 3.13. The number of aliphatic imine (C=N–C) groups is 1. The molecular weight excluding hydrogens is 386 g/mol. The molecule has 3 aromatic rings. The van der Waals surface area contributed by atoms with Gasteiger partial charge in [-0.2, -0.15) is 5.26 Å². The Morgan fingerprint density at radius 2 is 1.65 bits per heavy atom. The summed E-state index contributed by atoms with van der Waals surface area (Å²) in [4.78, 5) is 7.77. The van der Waals surface area contributed by atoms with Crippen molar-refractivity contribution in [1.82, 2.24) is 10.3 Å². The van der Waals surface area contributed by atoms with Gasteiger partial charge in [0.05, 0.1) is 6.61 Å². The molecule has 0 amide bonds. The topological polar surface area (TPSA) is 82.3 Å². The highest BCUT2D eigenvalue weighted by atomic mass is 16.5. The molecule has 0 spiro atoms. The lowest BCUT2D eigenvalue weighted by atomic mass is 10.1. The molecule has 0 aliphatic rings. The van der Waals surface area contributed by atoms with E-state index in [1.807, 2.05) is 54.7 Å². The van der Waals surface area contributed by atoms with Gasteiger partial charge in [0.2, 0.25) is 12.2 Å². The normalized spacial score (nSPS) is 10.9. The van der Waals surface area contributed by atoms with Crippen LogP contribution in [-0.2, 0) is 0 Å². The molecule has 31 heavy (non-hydrogen) atoms. The number of guanidine groups is 1. The molecule has 6 heteroatoms. The van der Waals surface area contributed by atoms with Crippen molar-refractivity contribution in [2.24, 2.45) is 4.99 Å². The Balaban J connectivity index is 1.33. The predicted molar refractivity (Wildman–Crippen MR) is 125 cm³/mol. The number of benzene rings is 2. The molecular formula is C25H27N5O.